The fourth-order valence-electron chi connectivity index (χ4n) is 3.87. The Morgan fingerprint density at radius 2 is 0.957 bits per heavy atom. The molecule has 0 saturated carbocycles. The van der Waals surface area contributed by atoms with Crippen molar-refractivity contribution >= 4 is 45.7 Å². The van der Waals surface area contributed by atoms with Crippen molar-refractivity contribution in [3.05, 3.63) is 71.8 Å². The molecule has 2 aromatic rings. The third-order valence-corrected chi connectivity index (χ3v) is 8.49. The monoisotopic (exact) mass is 676 g/mol. The summed E-state index contributed by atoms with van der Waals surface area (Å²) in [6.45, 7) is 10.9. The number of carbonyl (C=O) groups is 4. The summed E-state index contributed by atoms with van der Waals surface area (Å²) in [7, 11) is 3.26. The van der Waals surface area contributed by atoms with Crippen LogP contribution in [0.1, 0.15) is 78.4 Å². The highest BCUT2D eigenvalue weighted by molar-refractivity contribution is 8.76. The van der Waals surface area contributed by atoms with Crippen LogP contribution in [0.5, 0.6) is 0 Å². The van der Waals surface area contributed by atoms with Gasteiger partial charge in [0.05, 0.1) is 0 Å². The standard InChI is InChI=1S/C34H48N2O8S2/c1-33(2,3)43-29(37)27(35-31(39)41-23-25-15-9-7-10-16-25)19-13-21-45-46-22-14-20-28(30(38)44-34(4,5)6)36-32(40)42-24-26-17-11-8-12-18-26/h7-12,15-18,27-28H,13-14,19-24H2,1-6H3,(H,35,39)(H,36,40)/t27-,28-/m0/s1. The summed E-state index contributed by atoms with van der Waals surface area (Å²) in [5.41, 5.74) is 0.299. The molecule has 2 aromatic carbocycles. The van der Waals surface area contributed by atoms with Gasteiger partial charge in [-0.15, -0.1) is 0 Å². The molecule has 10 nitrogen and oxygen atoms in total. The summed E-state index contributed by atoms with van der Waals surface area (Å²) in [5, 5.41) is 5.31. The van der Waals surface area contributed by atoms with Crippen LogP contribution in [0.15, 0.2) is 60.7 Å². The van der Waals surface area contributed by atoms with Gasteiger partial charge in [-0.1, -0.05) is 82.3 Å². The Balaban J connectivity index is 1.77. The largest absolute Gasteiger partial charge is 0.458 e. The summed E-state index contributed by atoms with van der Waals surface area (Å²) in [6, 6.07) is 16.9. The molecule has 0 heterocycles. The molecule has 2 N–H and O–H groups in total. The second-order valence-electron chi connectivity index (χ2n) is 12.5. The first-order valence-electron chi connectivity index (χ1n) is 15.4. The van der Waals surface area contributed by atoms with E-state index in [2.05, 4.69) is 10.6 Å². The van der Waals surface area contributed by atoms with Crippen LogP contribution in [0.4, 0.5) is 9.59 Å². The van der Waals surface area contributed by atoms with E-state index in [1.165, 1.54) is 0 Å². The molecular weight excluding hydrogens is 629 g/mol. The van der Waals surface area contributed by atoms with Crippen LogP contribution in [-0.2, 0) is 41.8 Å². The molecular formula is C34H48N2O8S2. The smallest absolute Gasteiger partial charge is 0.408 e. The van der Waals surface area contributed by atoms with E-state index in [-0.39, 0.29) is 13.2 Å². The summed E-state index contributed by atoms with van der Waals surface area (Å²) in [4.78, 5) is 50.4. The molecule has 12 heteroatoms. The zero-order valence-corrected chi connectivity index (χ0v) is 29.3. The molecule has 0 fully saturated rings. The maximum atomic E-state index is 12.8. The minimum atomic E-state index is -0.838. The first-order valence-corrected chi connectivity index (χ1v) is 17.9. The molecule has 0 radical (unpaired) electrons. The van der Waals surface area contributed by atoms with E-state index in [9.17, 15) is 19.2 Å². The molecule has 0 unspecified atom stereocenters. The van der Waals surface area contributed by atoms with E-state index in [0.717, 1.165) is 22.6 Å². The first kappa shape index (κ1) is 38.8. The van der Waals surface area contributed by atoms with Crippen molar-refractivity contribution in [1.29, 1.82) is 0 Å². The van der Waals surface area contributed by atoms with Crippen molar-refractivity contribution in [2.24, 2.45) is 0 Å². The molecule has 2 amide bonds. The van der Waals surface area contributed by atoms with E-state index in [1.807, 2.05) is 60.7 Å². The average molecular weight is 677 g/mol. The number of ether oxygens (including phenoxy) is 4. The minimum absolute atomic E-state index is 0.0966. The number of esters is 2. The van der Waals surface area contributed by atoms with Gasteiger partial charge in [-0.3, -0.25) is 0 Å². The fraction of sp³-hybridized carbons (Fsp3) is 0.529. The highest BCUT2D eigenvalue weighted by Crippen LogP contribution is 2.25. The molecule has 0 aliphatic heterocycles. The van der Waals surface area contributed by atoms with Gasteiger partial charge in [0.1, 0.15) is 36.5 Å². The number of alkyl carbamates (subject to hydrolysis) is 2. The predicted molar refractivity (Wildman–Crippen MR) is 182 cm³/mol. The normalized spacial score (nSPS) is 12.7. The third kappa shape index (κ3) is 17.9. The molecule has 0 saturated heterocycles. The number of hydrogen-bond donors (Lipinski definition) is 2. The zero-order chi connectivity index (χ0) is 34.0. The molecule has 0 aliphatic carbocycles. The Morgan fingerprint density at radius 1 is 0.609 bits per heavy atom. The van der Waals surface area contributed by atoms with Crippen molar-refractivity contribution < 1.29 is 38.1 Å². The van der Waals surface area contributed by atoms with Crippen LogP contribution >= 0.6 is 21.6 Å². The van der Waals surface area contributed by atoms with Crippen LogP contribution in [0, 0.1) is 0 Å². The second kappa shape index (κ2) is 20.0. The number of rotatable bonds is 17. The number of amides is 2. The van der Waals surface area contributed by atoms with Crippen LogP contribution in [0.3, 0.4) is 0 Å². The van der Waals surface area contributed by atoms with Gasteiger partial charge < -0.3 is 29.6 Å². The highest BCUT2D eigenvalue weighted by Gasteiger charge is 2.28. The Morgan fingerprint density at radius 3 is 1.28 bits per heavy atom. The molecule has 2 atom stereocenters. The Bertz CT molecular complexity index is 1120. The maximum Gasteiger partial charge on any atom is 0.408 e. The topological polar surface area (TPSA) is 129 Å². The number of hydrogen-bond acceptors (Lipinski definition) is 10. The van der Waals surface area contributed by atoms with Gasteiger partial charge in [0.2, 0.25) is 0 Å². The van der Waals surface area contributed by atoms with Gasteiger partial charge in [0.25, 0.3) is 0 Å². The zero-order valence-electron chi connectivity index (χ0n) is 27.7. The van der Waals surface area contributed by atoms with Crippen LogP contribution in [0.25, 0.3) is 0 Å². The Labute approximate surface area is 280 Å². The summed E-state index contributed by atoms with van der Waals surface area (Å²) in [6.07, 6.45) is 0.709. The Kier molecular flexibility index (Phi) is 16.9. The molecule has 0 spiro atoms. The van der Waals surface area contributed by atoms with Crippen LogP contribution < -0.4 is 10.6 Å². The van der Waals surface area contributed by atoms with Crippen LogP contribution in [0.2, 0.25) is 0 Å². The lowest BCUT2D eigenvalue weighted by atomic mass is 10.1. The fourth-order valence-corrected chi connectivity index (χ4v) is 6.09. The van der Waals surface area contributed by atoms with Gasteiger partial charge in [0, 0.05) is 11.5 Å². The highest BCUT2D eigenvalue weighted by atomic mass is 33.1. The summed E-state index contributed by atoms with van der Waals surface area (Å²) >= 11 is 0. The molecule has 46 heavy (non-hydrogen) atoms. The van der Waals surface area contributed by atoms with Gasteiger partial charge in [0.15, 0.2) is 0 Å². The lowest BCUT2D eigenvalue weighted by Crippen LogP contribution is -2.44. The molecule has 254 valence electrons. The third-order valence-electron chi connectivity index (χ3n) is 5.92. The number of benzene rings is 2. The van der Waals surface area contributed by atoms with Crippen molar-refractivity contribution in [3.8, 4) is 0 Å². The number of nitrogens with one attached hydrogen (secondary N) is 2. The SMILES string of the molecule is CC(C)(C)OC(=O)[C@H](CCCSSCCC[C@H](NC(=O)OCc1ccccc1)C(=O)OC(C)(C)C)NC(=O)OCc1ccccc1. The van der Waals surface area contributed by atoms with Gasteiger partial charge >= 0.3 is 24.1 Å². The first-order chi connectivity index (χ1) is 21.7. The lowest BCUT2D eigenvalue weighted by molar-refractivity contribution is -0.158. The van der Waals surface area contributed by atoms with E-state index in [0.29, 0.717) is 25.7 Å². The van der Waals surface area contributed by atoms with E-state index in [4.69, 9.17) is 18.9 Å². The molecule has 0 aliphatic rings. The van der Waals surface area contributed by atoms with E-state index < -0.39 is 47.4 Å². The van der Waals surface area contributed by atoms with Gasteiger partial charge in [-0.25, -0.2) is 19.2 Å². The quantitative estimate of drug-likeness (QED) is 0.0768. The second-order valence-corrected chi connectivity index (χ2v) is 15.2. The predicted octanol–water partition coefficient (Wildman–Crippen LogP) is 7.20. The summed E-state index contributed by atoms with van der Waals surface area (Å²) in [5.74, 6) is 0.434. The van der Waals surface area contributed by atoms with E-state index in [1.54, 1.807) is 63.1 Å². The van der Waals surface area contributed by atoms with Crippen molar-refractivity contribution in [2.45, 2.75) is 104 Å². The molecule has 2 rings (SSSR count). The van der Waals surface area contributed by atoms with Crippen molar-refractivity contribution in [3.63, 3.8) is 0 Å². The van der Waals surface area contributed by atoms with Crippen molar-refractivity contribution in [1.82, 2.24) is 10.6 Å². The lowest BCUT2D eigenvalue weighted by Gasteiger charge is -2.24. The maximum absolute atomic E-state index is 12.8. The molecule has 0 aromatic heterocycles. The summed E-state index contributed by atoms with van der Waals surface area (Å²) < 4.78 is 21.6. The Hall–Kier alpha value is -3.38. The number of carbonyl (C=O) groups excluding carboxylic acids is 4. The average Bonchev–Trinajstić information content (AvgIpc) is 2.98. The van der Waals surface area contributed by atoms with E-state index >= 15 is 0 Å². The van der Waals surface area contributed by atoms with Gasteiger partial charge in [-0.05, 0) is 78.4 Å². The van der Waals surface area contributed by atoms with Gasteiger partial charge in [-0.2, -0.15) is 0 Å². The minimum Gasteiger partial charge on any atom is -0.458 e. The van der Waals surface area contributed by atoms with Crippen LogP contribution in [-0.4, -0.2) is 58.9 Å². The molecule has 0 bridgehead atoms. The van der Waals surface area contributed by atoms with Crippen molar-refractivity contribution in [2.75, 3.05) is 11.5 Å².